The molecule has 0 aliphatic rings. The van der Waals surface area contributed by atoms with E-state index < -0.39 is 0 Å². The van der Waals surface area contributed by atoms with Crippen molar-refractivity contribution in [2.75, 3.05) is 18.2 Å². The minimum absolute atomic E-state index is 0.193. The summed E-state index contributed by atoms with van der Waals surface area (Å²) in [5.74, 6) is 1.40. The summed E-state index contributed by atoms with van der Waals surface area (Å²) >= 11 is 6.09. The number of aromatic amines is 1. The largest absolute Gasteiger partial charge is 0.496 e. The number of anilines is 2. The van der Waals surface area contributed by atoms with Gasteiger partial charge in [-0.1, -0.05) is 17.7 Å². The van der Waals surface area contributed by atoms with Gasteiger partial charge in [-0.15, -0.1) is 5.10 Å². The number of hydrogen-bond acceptors (Lipinski definition) is 5. The minimum Gasteiger partial charge on any atom is -0.496 e. The molecule has 1 heterocycles. The fourth-order valence-electron chi connectivity index (χ4n) is 1.43. The van der Waals surface area contributed by atoms with Crippen LogP contribution in [0.5, 0.6) is 5.75 Å². The highest BCUT2D eigenvalue weighted by molar-refractivity contribution is 6.31. The van der Waals surface area contributed by atoms with E-state index in [1.54, 1.807) is 13.2 Å². The second-order valence-electron chi connectivity index (χ2n) is 3.32. The van der Waals surface area contributed by atoms with Gasteiger partial charge in [0.2, 0.25) is 11.9 Å². The minimum atomic E-state index is 0.193. The van der Waals surface area contributed by atoms with Gasteiger partial charge in [0.05, 0.1) is 7.11 Å². The van der Waals surface area contributed by atoms with Crippen molar-refractivity contribution in [2.24, 2.45) is 0 Å². The Bertz CT molecular complexity index is 513. The first-order valence-electron chi connectivity index (χ1n) is 4.94. The summed E-state index contributed by atoms with van der Waals surface area (Å²) in [5, 5.41) is 10.0. The van der Waals surface area contributed by atoms with Crippen LogP contribution in [0.15, 0.2) is 18.2 Å². The zero-order chi connectivity index (χ0) is 12.3. The molecule has 7 heteroatoms. The molecular formula is C10H12ClN5O. The molecule has 0 aliphatic carbocycles. The van der Waals surface area contributed by atoms with Crippen LogP contribution in [0.1, 0.15) is 5.56 Å². The van der Waals surface area contributed by atoms with Crippen LogP contribution in [0, 0.1) is 0 Å². The molecule has 0 unspecified atom stereocenters. The zero-order valence-electron chi connectivity index (χ0n) is 9.20. The molecule has 2 rings (SSSR count). The first kappa shape index (κ1) is 11.5. The maximum absolute atomic E-state index is 6.09. The zero-order valence-corrected chi connectivity index (χ0v) is 9.95. The second kappa shape index (κ2) is 4.92. The second-order valence-corrected chi connectivity index (χ2v) is 3.72. The molecule has 0 aliphatic heterocycles. The number of nitrogens with zero attached hydrogens (tertiary/aromatic N) is 2. The molecule has 1 aromatic heterocycles. The Morgan fingerprint density at radius 2 is 2.35 bits per heavy atom. The Balaban J connectivity index is 2.13. The molecule has 0 saturated carbocycles. The highest BCUT2D eigenvalue weighted by Crippen LogP contribution is 2.26. The lowest BCUT2D eigenvalue weighted by Gasteiger charge is -2.10. The van der Waals surface area contributed by atoms with E-state index in [0.717, 1.165) is 11.3 Å². The Morgan fingerprint density at radius 3 is 3.00 bits per heavy atom. The molecular weight excluding hydrogens is 242 g/mol. The first-order chi connectivity index (χ1) is 8.20. The number of hydrogen-bond donors (Lipinski definition) is 3. The molecule has 6 nitrogen and oxygen atoms in total. The lowest BCUT2D eigenvalue weighted by molar-refractivity contribution is 0.410. The van der Waals surface area contributed by atoms with Crippen LogP contribution >= 0.6 is 11.6 Å². The third-order valence-electron chi connectivity index (χ3n) is 2.23. The van der Waals surface area contributed by atoms with E-state index in [4.69, 9.17) is 22.1 Å². The summed E-state index contributed by atoms with van der Waals surface area (Å²) in [6.07, 6.45) is 0. The van der Waals surface area contributed by atoms with Gasteiger partial charge in [0, 0.05) is 17.1 Å². The predicted octanol–water partition coefficient (Wildman–Crippen LogP) is 1.66. The third-order valence-corrected chi connectivity index (χ3v) is 2.59. The molecule has 90 valence electrons. The monoisotopic (exact) mass is 253 g/mol. The summed E-state index contributed by atoms with van der Waals surface area (Å²) < 4.78 is 5.22. The van der Waals surface area contributed by atoms with Gasteiger partial charge in [-0.2, -0.15) is 4.98 Å². The van der Waals surface area contributed by atoms with Crippen molar-refractivity contribution in [3.63, 3.8) is 0 Å². The third kappa shape index (κ3) is 2.59. The van der Waals surface area contributed by atoms with Crippen LogP contribution in [0.25, 0.3) is 0 Å². The van der Waals surface area contributed by atoms with Gasteiger partial charge < -0.3 is 15.8 Å². The van der Waals surface area contributed by atoms with Crippen LogP contribution in [-0.4, -0.2) is 22.3 Å². The number of H-pyrrole nitrogens is 1. The van der Waals surface area contributed by atoms with Gasteiger partial charge in [-0.25, -0.2) is 5.10 Å². The van der Waals surface area contributed by atoms with Crippen LogP contribution in [0.4, 0.5) is 11.9 Å². The van der Waals surface area contributed by atoms with E-state index in [9.17, 15) is 0 Å². The molecule has 0 bridgehead atoms. The van der Waals surface area contributed by atoms with Gasteiger partial charge in [0.15, 0.2) is 0 Å². The summed E-state index contributed by atoms with van der Waals surface area (Å²) in [4.78, 5) is 3.93. The van der Waals surface area contributed by atoms with Gasteiger partial charge in [0.1, 0.15) is 5.75 Å². The van der Waals surface area contributed by atoms with Gasteiger partial charge in [-0.3, -0.25) is 0 Å². The lowest BCUT2D eigenvalue weighted by Crippen LogP contribution is -2.03. The predicted molar refractivity (Wildman–Crippen MR) is 66.1 cm³/mol. The van der Waals surface area contributed by atoms with E-state index in [0.29, 0.717) is 17.5 Å². The number of nitrogens with two attached hydrogens (primary N) is 1. The van der Waals surface area contributed by atoms with E-state index in [1.807, 2.05) is 12.1 Å². The van der Waals surface area contributed by atoms with E-state index in [-0.39, 0.29) is 5.95 Å². The summed E-state index contributed by atoms with van der Waals surface area (Å²) in [5.41, 5.74) is 6.24. The fourth-order valence-corrected chi connectivity index (χ4v) is 1.66. The standard InChI is InChI=1S/C10H12ClN5O/c1-17-8-4-2-3-7(11)6(8)5-13-10-14-9(12)15-16-10/h2-4H,5H2,1H3,(H4,12,13,14,15,16). The SMILES string of the molecule is COc1cccc(Cl)c1CNc1nc(N)n[nH]1. The first-order valence-corrected chi connectivity index (χ1v) is 5.31. The van der Waals surface area contributed by atoms with Crippen molar-refractivity contribution in [3.8, 4) is 5.75 Å². The number of methoxy groups -OCH3 is 1. The van der Waals surface area contributed by atoms with Gasteiger partial charge >= 0.3 is 0 Å². The Hall–Kier alpha value is -1.95. The molecule has 0 fully saturated rings. The van der Waals surface area contributed by atoms with Crippen molar-refractivity contribution in [2.45, 2.75) is 6.54 Å². The molecule has 0 amide bonds. The maximum Gasteiger partial charge on any atom is 0.241 e. The average molecular weight is 254 g/mol. The number of nitrogen functional groups attached to an aromatic ring is 1. The normalized spacial score (nSPS) is 10.2. The van der Waals surface area contributed by atoms with Crippen LogP contribution < -0.4 is 15.8 Å². The molecule has 0 radical (unpaired) electrons. The van der Waals surface area contributed by atoms with Crippen molar-refractivity contribution in [1.82, 2.24) is 15.2 Å². The van der Waals surface area contributed by atoms with E-state index in [2.05, 4.69) is 20.5 Å². The number of nitrogens with one attached hydrogen (secondary N) is 2. The Labute approximate surface area is 103 Å². The number of benzene rings is 1. The Morgan fingerprint density at radius 1 is 1.53 bits per heavy atom. The maximum atomic E-state index is 6.09. The van der Waals surface area contributed by atoms with Crippen LogP contribution in [0.2, 0.25) is 5.02 Å². The van der Waals surface area contributed by atoms with Gasteiger partial charge in [-0.05, 0) is 12.1 Å². The molecule has 2 aromatic rings. The van der Waals surface area contributed by atoms with E-state index in [1.165, 1.54) is 0 Å². The highest BCUT2D eigenvalue weighted by Gasteiger charge is 2.08. The molecule has 0 atom stereocenters. The van der Waals surface area contributed by atoms with Crippen LogP contribution in [0.3, 0.4) is 0 Å². The lowest BCUT2D eigenvalue weighted by atomic mass is 10.2. The number of halogens is 1. The van der Waals surface area contributed by atoms with Crippen molar-refractivity contribution >= 4 is 23.5 Å². The van der Waals surface area contributed by atoms with Crippen LogP contribution in [-0.2, 0) is 6.54 Å². The number of aromatic nitrogens is 3. The number of ether oxygens (including phenoxy) is 1. The summed E-state index contributed by atoms with van der Waals surface area (Å²) in [6.45, 7) is 0.470. The number of rotatable bonds is 4. The molecule has 17 heavy (non-hydrogen) atoms. The van der Waals surface area contributed by atoms with E-state index >= 15 is 0 Å². The molecule has 0 saturated heterocycles. The Kier molecular flexibility index (Phi) is 3.34. The highest BCUT2D eigenvalue weighted by atomic mass is 35.5. The molecule has 1 aromatic carbocycles. The quantitative estimate of drug-likeness (QED) is 0.771. The smallest absolute Gasteiger partial charge is 0.241 e. The molecule has 4 N–H and O–H groups in total. The van der Waals surface area contributed by atoms with Crippen molar-refractivity contribution in [1.29, 1.82) is 0 Å². The van der Waals surface area contributed by atoms with Crippen molar-refractivity contribution in [3.05, 3.63) is 28.8 Å². The fraction of sp³-hybridized carbons (Fsp3) is 0.200. The summed E-state index contributed by atoms with van der Waals surface area (Å²) in [7, 11) is 1.60. The van der Waals surface area contributed by atoms with Gasteiger partial charge in [0.25, 0.3) is 0 Å². The summed E-state index contributed by atoms with van der Waals surface area (Å²) in [6, 6.07) is 5.48. The topological polar surface area (TPSA) is 88.8 Å². The molecule has 0 spiro atoms. The van der Waals surface area contributed by atoms with Crippen molar-refractivity contribution < 1.29 is 4.74 Å². The average Bonchev–Trinajstić information content (AvgIpc) is 2.73.